The van der Waals surface area contributed by atoms with Gasteiger partial charge in [0.2, 0.25) is 0 Å². The lowest BCUT2D eigenvalue weighted by Gasteiger charge is -2.11. The van der Waals surface area contributed by atoms with E-state index in [-0.39, 0.29) is 5.02 Å². The van der Waals surface area contributed by atoms with Gasteiger partial charge in [-0.3, -0.25) is 4.98 Å². The molecule has 2 rings (SSSR count). The van der Waals surface area contributed by atoms with Gasteiger partial charge in [-0.15, -0.1) is 0 Å². The summed E-state index contributed by atoms with van der Waals surface area (Å²) in [5.41, 5.74) is 1.14. The molecule has 0 saturated carbocycles. The molecule has 0 saturated heterocycles. The maximum atomic E-state index is 12.7. The molecule has 0 fully saturated rings. The number of rotatable bonds is 3. The zero-order chi connectivity index (χ0) is 14.8. The molecule has 1 aromatic carbocycles. The number of aromatic nitrogens is 1. The van der Waals surface area contributed by atoms with Crippen molar-refractivity contribution in [1.29, 1.82) is 0 Å². The van der Waals surface area contributed by atoms with E-state index in [1.165, 1.54) is 6.07 Å². The van der Waals surface area contributed by atoms with Crippen LogP contribution in [-0.4, -0.2) is 4.98 Å². The van der Waals surface area contributed by atoms with Gasteiger partial charge < -0.3 is 5.32 Å². The zero-order valence-corrected chi connectivity index (χ0v) is 11.4. The summed E-state index contributed by atoms with van der Waals surface area (Å²) in [6, 6.07) is 8.88. The van der Waals surface area contributed by atoms with Crippen molar-refractivity contribution in [2.24, 2.45) is 0 Å². The van der Waals surface area contributed by atoms with Gasteiger partial charge in [0.25, 0.3) is 0 Å². The fourth-order valence-electron chi connectivity index (χ4n) is 1.75. The molecule has 20 heavy (non-hydrogen) atoms. The monoisotopic (exact) mass is 300 g/mol. The summed E-state index contributed by atoms with van der Waals surface area (Å²) in [6.45, 7) is 2.18. The van der Waals surface area contributed by atoms with Crippen LogP contribution in [0.4, 0.5) is 18.9 Å². The molecule has 0 spiro atoms. The third-order valence-corrected chi connectivity index (χ3v) is 2.86. The van der Waals surface area contributed by atoms with E-state index in [0.29, 0.717) is 12.2 Å². The van der Waals surface area contributed by atoms with Gasteiger partial charge in [-0.2, -0.15) is 13.2 Å². The highest BCUT2D eigenvalue weighted by atomic mass is 35.5. The van der Waals surface area contributed by atoms with Crippen molar-refractivity contribution in [3.8, 4) is 0 Å². The van der Waals surface area contributed by atoms with Crippen LogP contribution in [0.3, 0.4) is 0 Å². The fraction of sp³-hybridized carbons (Fsp3) is 0.214. The summed E-state index contributed by atoms with van der Waals surface area (Å²) in [5, 5.41) is 2.94. The molecule has 1 aromatic heterocycles. The summed E-state index contributed by atoms with van der Waals surface area (Å²) >= 11 is 5.71. The van der Waals surface area contributed by atoms with E-state index in [1.807, 2.05) is 19.1 Å². The molecule has 0 bridgehead atoms. The molecule has 0 aliphatic heterocycles. The van der Waals surface area contributed by atoms with Gasteiger partial charge in [-0.25, -0.2) is 0 Å². The lowest BCUT2D eigenvalue weighted by molar-refractivity contribution is -0.137. The molecule has 1 N–H and O–H groups in total. The van der Waals surface area contributed by atoms with E-state index in [0.717, 1.165) is 23.5 Å². The second-order valence-corrected chi connectivity index (χ2v) is 4.79. The maximum absolute atomic E-state index is 12.7. The van der Waals surface area contributed by atoms with Crippen molar-refractivity contribution in [2.45, 2.75) is 19.6 Å². The molecule has 2 aromatic rings. The van der Waals surface area contributed by atoms with Gasteiger partial charge in [-0.05, 0) is 37.3 Å². The number of alkyl halides is 3. The third kappa shape index (κ3) is 3.87. The van der Waals surface area contributed by atoms with Gasteiger partial charge in [-0.1, -0.05) is 17.7 Å². The minimum atomic E-state index is -4.41. The molecular weight excluding hydrogens is 289 g/mol. The quantitative estimate of drug-likeness (QED) is 0.890. The van der Waals surface area contributed by atoms with Gasteiger partial charge in [0.05, 0.1) is 17.8 Å². The van der Waals surface area contributed by atoms with Crippen LogP contribution in [0.2, 0.25) is 5.02 Å². The fourth-order valence-corrected chi connectivity index (χ4v) is 1.98. The average molecular weight is 301 g/mol. The molecule has 0 unspecified atom stereocenters. The minimum Gasteiger partial charge on any atom is -0.379 e. The van der Waals surface area contributed by atoms with Crippen LogP contribution in [0.5, 0.6) is 0 Å². The number of hydrogen-bond acceptors (Lipinski definition) is 2. The van der Waals surface area contributed by atoms with Crippen LogP contribution < -0.4 is 5.32 Å². The number of nitrogens with one attached hydrogen (secondary N) is 1. The molecule has 0 aliphatic rings. The molecule has 0 atom stereocenters. The highest BCUT2D eigenvalue weighted by Gasteiger charge is 2.31. The van der Waals surface area contributed by atoms with E-state index >= 15 is 0 Å². The van der Waals surface area contributed by atoms with Crippen LogP contribution in [0.15, 0.2) is 36.4 Å². The highest BCUT2D eigenvalue weighted by molar-refractivity contribution is 6.30. The lowest BCUT2D eigenvalue weighted by atomic mass is 10.2. The number of pyridine rings is 1. The summed E-state index contributed by atoms with van der Waals surface area (Å²) in [7, 11) is 0. The van der Waals surface area contributed by atoms with E-state index in [1.54, 1.807) is 6.07 Å². The van der Waals surface area contributed by atoms with Gasteiger partial charge in [0, 0.05) is 16.4 Å². The highest BCUT2D eigenvalue weighted by Crippen LogP contribution is 2.33. The average Bonchev–Trinajstić information content (AvgIpc) is 2.35. The van der Waals surface area contributed by atoms with Crippen molar-refractivity contribution < 1.29 is 13.2 Å². The normalized spacial score (nSPS) is 11.4. The van der Waals surface area contributed by atoms with E-state index in [4.69, 9.17) is 11.6 Å². The Kier molecular flexibility index (Phi) is 4.18. The Labute approximate surface area is 119 Å². The predicted octanol–water partition coefficient (Wildman–Crippen LogP) is 4.67. The van der Waals surface area contributed by atoms with Crippen molar-refractivity contribution >= 4 is 17.3 Å². The number of halogens is 4. The summed E-state index contributed by atoms with van der Waals surface area (Å²) in [5.74, 6) is 0. The van der Waals surface area contributed by atoms with Crippen molar-refractivity contribution in [2.75, 3.05) is 5.32 Å². The van der Waals surface area contributed by atoms with E-state index < -0.39 is 11.7 Å². The molecule has 106 valence electrons. The summed E-state index contributed by atoms with van der Waals surface area (Å²) < 4.78 is 38.0. The second-order valence-electron chi connectivity index (χ2n) is 4.35. The Morgan fingerprint density at radius 2 is 1.95 bits per heavy atom. The minimum absolute atomic E-state index is 0.0412. The second kappa shape index (κ2) is 5.71. The first-order valence-corrected chi connectivity index (χ1v) is 6.26. The number of anilines is 1. The van der Waals surface area contributed by atoms with Crippen molar-refractivity contribution in [3.63, 3.8) is 0 Å². The van der Waals surface area contributed by atoms with Crippen molar-refractivity contribution in [1.82, 2.24) is 4.98 Å². The Hall–Kier alpha value is -1.75. The topological polar surface area (TPSA) is 24.9 Å². The molecular formula is C14H12ClF3N2. The van der Waals surface area contributed by atoms with Gasteiger partial charge >= 0.3 is 6.18 Å². The molecule has 2 nitrogen and oxygen atoms in total. The Morgan fingerprint density at radius 1 is 1.20 bits per heavy atom. The van der Waals surface area contributed by atoms with Crippen LogP contribution in [-0.2, 0) is 12.7 Å². The Bertz CT molecular complexity index is 612. The standard InChI is InChI=1S/C14H12ClF3N2/c1-9-3-2-4-12(20-9)8-19-13-6-10(14(16,17)18)5-11(15)7-13/h2-7,19H,8H2,1H3. The molecule has 0 radical (unpaired) electrons. The zero-order valence-electron chi connectivity index (χ0n) is 10.6. The number of nitrogens with zero attached hydrogens (tertiary/aromatic N) is 1. The Morgan fingerprint density at radius 3 is 2.60 bits per heavy atom. The number of aryl methyl sites for hydroxylation is 1. The number of hydrogen-bond donors (Lipinski definition) is 1. The Balaban J connectivity index is 2.16. The van der Waals surface area contributed by atoms with Crippen LogP contribution in [0.25, 0.3) is 0 Å². The smallest absolute Gasteiger partial charge is 0.379 e. The molecule has 1 heterocycles. The third-order valence-electron chi connectivity index (χ3n) is 2.64. The van der Waals surface area contributed by atoms with Crippen LogP contribution in [0, 0.1) is 6.92 Å². The molecule has 6 heteroatoms. The van der Waals surface area contributed by atoms with E-state index in [2.05, 4.69) is 10.3 Å². The number of benzene rings is 1. The van der Waals surface area contributed by atoms with E-state index in [9.17, 15) is 13.2 Å². The SMILES string of the molecule is Cc1cccc(CNc2cc(Cl)cc(C(F)(F)F)c2)n1. The van der Waals surface area contributed by atoms with Gasteiger partial charge in [0.1, 0.15) is 0 Å². The largest absolute Gasteiger partial charge is 0.416 e. The van der Waals surface area contributed by atoms with Crippen LogP contribution >= 0.6 is 11.6 Å². The predicted molar refractivity (Wildman–Crippen MR) is 72.8 cm³/mol. The first kappa shape index (κ1) is 14.7. The van der Waals surface area contributed by atoms with Crippen LogP contribution in [0.1, 0.15) is 17.0 Å². The maximum Gasteiger partial charge on any atom is 0.416 e. The summed E-state index contributed by atoms with van der Waals surface area (Å²) in [6.07, 6.45) is -4.41. The first-order chi connectivity index (χ1) is 9.34. The molecule has 0 amide bonds. The van der Waals surface area contributed by atoms with Gasteiger partial charge in [0.15, 0.2) is 0 Å². The van der Waals surface area contributed by atoms with Crippen molar-refractivity contribution in [3.05, 3.63) is 58.4 Å². The molecule has 0 aliphatic carbocycles. The lowest BCUT2D eigenvalue weighted by Crippen LogP contribution is -2.07. The summed E-state index contributed by atoms with van der Waals surface area (Å²) in [4.78, 5) is 4.26. The first-order valence-electron chi connectivity index (χ1n) is 5.89.